The van der Waals surface area contributed by atoms with Crippen LogP contribution >= 0.6 is 0 Å². The van der Waals surface area contributed by atoms with Crippen LogP contribution in [-0.4, -0.2) is 25.7 Å². The van der Waals surface area contributed by atoms with Gasteiger partial charge in [-0.3, -0.25) is 4.18 Å². The summed E-state index contributed by atoms with van der Waals surface area (Å²) < 4.78 is 30.4. The van der Waals surface area contributed by atoms with Crippen LogP contribution in [0.1, 0.15) is 79.8 Å². The minimum absolute atomic E-state index is 0.194. The topological polar surface area (TPSA) is 80.7 Å². The van der Waals surface area contributed by atoms with Crippen molar-refractivity contribution in [3.8, 4) is 11.1 Å². The lowest BCUT2D eigenvalue weighted by molar-refractivity contribution is 0.0511. The first kappa shape index (κ1) is 24.5. The maximum absolute atomic E-state index is 12.3. The predicted molar refractivity (Wildman–Crippen MR) is 127 cm³/mol. The number of rotatable bonds is 9. The summed E-state index contributed by atoms with van der Waals surface area (Å²) in [6.07, 6.45) is 9.10. The molecule has 174 valence electrons. The number of carboxylic acid groups (broad SMARTS) is 1. The summed E-state index contributed by atoms with van der Waals surface area (Å²) in [6, 6.07) is 12.8. The lowest BCUT2D eigenvalue weighted by Crippen LogP contribution is -2.33. The maximum Gasteiger partial charge on any atom is 0.336 e. The third-order valence-electron chi connectivity index (χ3n) is 6.77. The normalized spacial score (nSPS) is 17.1. The Kier molecular flexibility index (Phi) is 7.78. The lowest BCUT2D eigenvalue weighted by atomic mass is 9.79. The van der Waals surface area contributed by atoms with Gasteiger partial charge in [-0.05, 0) is 66.5 Å². The highest BCUT2D eigenvalue weighted by Crippen LogP contribution is 2.41. The van der Waals surface area contributed by atoms with E-state index >= 15 is 0 Å². The quantitative estimate of drug-likeness (QED) is 0.446. The van der Waals surface area contributed by atoms with Crippen LogP contribution in [0.3, 0.4) is 0 Å². The molecule has 0 aliphatic heterocycles. The molecule has 1 atom stereocenters. The Morgan fingerprint density at radius 3 is 2.38 bits per heavy atom. The molecule has 1 N–H and O–H groups in total. The van der Waals surface area contributed by atoms with E-state index in [0.717, 1.165) is 23.8 Å². The highest BCUT2D eigenvalue weighted by molar-refractivity contribution is 7.86. The van der Waals surface area contributed by atoms with Crippen LogP contribution in [0.15, 0.2) is 42.5 Å². The Hall–Kier alpha value is -2.18. The second-order valence-electron chi connectivity index (χ2n) is 9.06. The zero-order valence-corrected chi connectivity index (χ0v) is 20.1. The molecule has 0 aromatic heterocycles. The number of benzene rings is 2. The number of carbonyl (C=O) groups is 1. The molecule has 0 amide bonds. The molecule has 0 saturated heterocycles. The molecule has 0 bridgehead atoms. The van der Waals surface area contributed by atoms with Crippen LogP contribution in [0, 0.1) is 12.8 Å². The minimum atomic E-state index is -3.72. The van der Waals surface area contributed by atoms with Crippen LogP contribution in [-0.2, 0) is 19.9 Å². The fourth-order valence-corrected chi connectivity index (χ4v) is 5.87. The third kappa shape index (κ3) is 5.78. The van der Waals surface area contributed by atoms with Crippen molar-refractivity contribution in [2.75, 3.05) is 6.26 Å². The molecule has 0 spiro atoms. The zero-order chi connectivity index (χ0) is 23.4. The van der Waals surface area contributed by atoms with Crippen molar-refractivity contribution < 1.29 is 22.5 Å². The molecule has 1 fully saturated rings. The second kappa shape index (κ2) is 10.2. The molecular weight excluding hydrogens is 424 g/mol. The molecular formula is C26H34O5S. The molecule has 0 heterocycles. The van der Waals surface area contributed by atoms with Gasteiger partial charge >= 0.3 is 5.97 Å². The maximum atomic E-state index is 12.3. The van der Waals surface area contributed by atoms with Crippen molar-refractivity contribution in [2.24, 2.45) is 5.92 Å². The molecule has 3 rings (SSSR count). The summed E-state index contributed by atoms with van der Waals surface area (Å²) in [5, 5.41) is 9.80. The van der Waals surface area contributed by atoms with E-state index in [4.69, 9.17) is 4.18 Å². The molecule has 1 aliphatic rings. The summed E-state index contributed by atoms with van der Waals surface area (Å²) in [6.45, 7) is 3.88. The van der Waals surface area contributed by atoms with E-state index in [0.29, 0.717) is 29.9 Å². The van der Waals surface area contributed by atoms with Gasteiger partial charge < -0.3 is 5.11 Å². The molecule has 1 saturated carbocycles. The van der Waals surface area contributed by atoms with Crippen LogP contribution in [0.2, 0.25) is 0 Å². The van der Waals surface area contributed by atoms with Gasteiger partial charge in [0, 0.05) is 0 Å². The second-order valence-corrected chi connectivity index (χ2v) is 10.6. The van der Waals surface area contributed by atoms with Gasteiger partial charge in [0.15, 0.2) is 0 Å². The first-order chi connectivity index (χ1) is 15.1. The van der Waals surface area contributed by atoms with Crippen molar-refractivity contribution in [3.05, 3.63) is 59.2 Å². The Bertz CT molecular complexity index is 1050. The van der Waals surface area contributed by atoms with Crippen LogP contribution in [0.5, 0.6) is 0 Å². The SMILES string of the molecule is CCC(CCC1CCCCC1)(OS(C)(=O)=O)c1ccc(C(=O)O)c(-c2ccccc2C)c1. The van der Waals surface area contributed by atoms with Crippen LogP contribution in [0.25, 0.3) is 11.1 Å². The Morgan fingerprint density at radius 1 is 1.09 bits per heavy atom. The molecule has 1 aliphatic carbocycles. The molecule has 2 aromatic rings. The first-order valence-electron chi connectivity index (χ1n) is 11.5. The van der Waals surface area contributed by atoms with Gasteiger partial charge in [0.25, 0.3) is 10.1 Å². The zero-order valence-electron chi connectivity index (χ0n) is 19.3. The largest absolute Gasteiger partial charge is 0.478 e. The fraction of sp³-hybridized carbons (Fsp3) is 0.500. The van der Waals surface area contributed by atoms with Crippen LogP contribution < -0.4 is 0 Å². The summed E-state index contributed by atoms with van der Waals surface area (Å²) in [7, 11) is -3.72. The van der Waals surface area contributed by atoms with E-state index in [2.05, 4.69) is 0 Å². The van der Waals surface area contributed by atoms with Gasteiger partial charge in [-0.2, -0.15) is 8.42 Å². The third-order valence-corrected chi connectivity index (χ3v) is 7.40. The monoisotopic (exact) mass is 458 g/mol. The van der Waals surface area contributed by atoms with Gasteiger partial charge in [0.05, 0.1) is 11.8 Å². The van der Waals surface area contributed by atoms with Crippen molar-refractivity contribution in [3.63, 3.8) is 0 Å². The molecule has 5 nitrogen and oxygen atoms in total. The van der Waals surface area contributed by atoms with E-state index in [1.807, 2.05) is 44.2 Å². The van der Waals surface area contributed by atoms with Crippen molar-refractivity contribution in [2.45, 2.75) is 70.8 Å². The van der Waals surface area contributed by atoms with Gasteiger partial charge in [-0.15, -0.1) is 0 Å². The van der Waals surface area contributed by atoms with E-state index in [1.165, 1.54) is 32.1 Å². The average molecular weight is 459 g/mol. The molecule has 6 heteroatoms. The van der Waals surface area contributed by atoms with E-state index < -0.39 is 21.7 Å². The highest BCUT2D eigenvalue weighted by atomic mass is 32.2. The van der Waals surface area contributed by atoms with Gasteiger partial charge in [-0.1, -0.05) is 69.4 Å². The Labute approximate surface area is 191 Å². The summed E-state index contributed by atoms with van der Waals surface area (Å²) in [5.41, 5.74) is 2.26. The van der Waals surface area contributed by atoms with Crippen molar-refractivity contribution in [1.82, 2.24) is 0 Å². The smallest absolute Gasteiger partial charge is 0.336 e. The lowest BCUT2D eigenvalue weighted by Gasteiger charge is -2.34. The van der Waals surface area contributed by atoms with E-state index in [1.54, 1.807) is 12.1 Å². The van der Waals surface area contributed by atoms with Crippen molar-refractivity contribution >= 4 is 16.1 Å². The molecule has 2 aromatic carbocycles. The van der Waals surface area contributed by atoms with Crippen molar-refractivity contribution in [1.29, 1.82) is 0 Å². The number of carboxylic acids is 1. The number of hydrogen-bond donors (Lipinski definition) is 1. The molecule has 1 unspecified atom stereocenters. The standard InChI is InChI=1S/C26H34O5S/c1-4-26(31-32(3,29)30,17-16-20-11-6-5-7-12-20)21-14-15-23(25(27)28)24(18-21)22-13-9-8-10-19(22)2/h8-10,13-15,18,20H,4-7,11-12,16-17H2,1-3H3,(H,27,28). The Balaban J connectivity index is 2.09. The van der Waals surface area contributed by atoms with Gasteiger partial charge in [0.2, 0.25) is 0 Å². The summed E-state index contributed by atoms with van der Waals surface area (Å²) in [5.74, 6) is -0.435. The fourth-order valence-electron chi connectivity index (χ4n) is 4.99. The van der Waals surface area contributed by atoms with Gasteiger partial charge in [-0.25, -0.2) is 4.79 Å². The Morgan fingerprint density at radius 2 is 1.78 bits per heavy atom. The molecule has 0 radical (unpaired) electrons. The van der Waals surface area contributed by atoms with Crippen LogP contribution in [0.4, 0.5) is 0 Å². The summed E-state index contributed by atoms with van der Waals surface area (Å²) >= 11 is 0. The predicted octanol–water partition coefficient (Wildman–Crippen LogP) is 6.30. The summed E-state index contributed by atoms with van der Waals surface area (Å²) in [4.78, 5) is 12.0. The van der Waals surface area contributed by atoms with E-state index in [-0.39, 0.29) is 5.56 Å². The van der Waals surface area contributed by atoms with Gasteiger partial charge in [0.1, 0.15) is 5.60 Å². The van der Waals surface area contributed by atoms with E-state index in [9.17, 15) is 18.3 Å². The molecule has 32 heavy (non-hydrogen) atoms. The highest BCUT2D eigenvalue weighted by Gasteiger charge is 2.37. The number of aromatic carboxylic acids is 1. The average Bonchev–Trinajstić information content (AvgIpc) is 2.76. The number of aryl methyl sites for hydroxylation is 1. The first-order valence-corrected chi connectivity index (χ1v) is 13.3. The minimum Gasteiger partial charge on any atom is -0.478 e. The number of hydrogen-bond acceptors (Lipinski definition) is 4.